The molecule has 0 spiro atoms. The molecular weight excluding hydrogens is 325 g/mol. The Hall–Kier alpha value is -1.11. The normalized spacial score (nSPS) is 13.8. The molecule has 1 aromatic rings. The Morgan fingerprint density at radius 2 is 2.06 bits per heavy atom. The Kier molecular flexibility index (Phi) is 5.13. The molecule has 7 heteroatoms. The average molecular weight is 337 g/mol. The molecule has 2 atom stereocenters. The highest BCUT2D eigenvalue weighted by molar-refractivity contribution is 9.10. The summed E-state index contributed by atoms with van der Waals surface area (Å²) in [6, 6.07) is 3.20. The third-order valence-corrected chi connectivity index (χ3v) is 3.13. The summed E-state index contributed by atoms with van der Waals surface area (Å²) in [5.41, 5.74) is 0.203. The summed E-state index contributed by atoms with van der Waals surface area (Å²) < 4.78 is 0.485. The van der Waals surface area contributed by atoms with Crippen LogP contribution in [0.5, 0.6) is 0 Å². The van der Waals surface area contributed by atoms with Crippen molar-refractivity contribution in [2.75, 3.05) is 0 Å². The van der Waals surface area contributed by atoms with Crippen LogP contribution in [-0.2, 0) is 4.79 Å². The molecule has 0 fully saturated rings. The number of amides is 1. The maximum Gasteiger partial charge on any atom is 0.328 e. The topological polar surface area (TPSA) is 86.6 Å². The number of benzene rings is 1. The van der Waals surface area contributed by atoms with Gasteiger partial charge in [0.1, 0.15) is 0 Å². The zero-order chi connectivity index (χ0) is 13.9. The van der Waals surface area contributed by atoms with Crippen LogP contribution in [0.1, 0.15) is 17.3 Å². The number of halogens is 2. The number of nitrogens with one attached hydrogen (secondary N) is 1. The number of aliphatic hydroxyl groups excluding tert-OH is 1. The van der Waals surface area contributed by atoms with Gasteiger partial charge < -0.3 is 15.5 Å². The van der Waals surface area contributed by atoms with Crippen LogP contribution in [-0.4, -0.2) is 34.2 Å². The van der Waals surface area contributed by atoms with E-state index in [1.165, 1.54) is 13.0 Å². The molecular formula is C11H11BrClNO4. The minimum atomic E-state index is -1.37. The predicted octanol–water partition coefficient (Wildman–Crippen LogP) is 1.67. The predicted molar refractivity (Wildman–Crippen MR) is 69.7 cm³/mol. The van der Waals surface area contributed by atoms with Crippen molar-refractivity contribution in [1.29, 1.82) is 0 Å². The SMILES string of the molecule is C[C@@H](O)[C@H](NC(=O)c1cc(Cl)ccc1Br)C(=O)O. The van der Waals surface area contributed by atoms with Crippen molar-refractivity contribution < 1.29 is 19.8 Å². The standard InChI is InChI=1S/C11H11BrClNO4/c1-5(15)9(11(17)18)14-10(16)7-4-6(13)2-3-8(7)12/h2-5,9,15H,1H3,(H,14,16)(H,17,18)/t5-,9+/m1/s1. The summed E-state index contributed by atoms with van der Waals surface area (Å²) in [4.78, 5) is 22.7. The lowest BCUT2D eigenvalue weighted by Crippen LogP contribution is -2.47. The van der Waals surface area contributed by atoms with Gasteiger partial charge in [-0.15, -0.1) is 0 Å². The molecule has 3 N–H and O–H groups in total. The van der Waals surface area contributed by atoms with Crippen LogP contribution in [0.2, 0.25) is 5.02 Å². The fourth-order valence-corrected chi connectivity index (χ4v) is 1.88. The van der Waals surface area contributed by atoms with Gasteiger partial charge in [0, 0.05) is 9.50 Å². The molecule has 0 heterocycles. The Morgan fingerprint density at radius 1 is 1.44 bits per heavy atom. The van der Waals surface area contributed by atoms with E-state index in [-0.39, 0.29) is 5.56 Å². The number of aliphatic hydroxyl groups is 1. The zero-order valence-corrected chi connectivity index (χ0v) is 11.7. The smallest absolute Gasteiger partial charge is 0.328 e. The number of carboxylic acids is 1. The molecule has 0 saturated heterocycles. The molecule has 18 heavy (non-hydrogen) atoms. The van der Waals surface area contributed by atoms with E-state index in [9.17, 15) is 14.7 Å². The van der Waals surface area contributed by atoms with E-state index in [0.29, 0.717) is 9.50 Å². The lowest BCUT2D eigenvalue weighted by Gasteiger charge is -2.17. The van der Waals surface area contributed by atoms with Crippen molar-refractivity contribution in [1.82, 2.24) is 5.32 Å². The minimum Gasteiger partial charge on any atom is -0.480 e. The van der Waals surface area contributed by atoms with Crippen molar-refractivity contribution >= 4 is 39.4 Å². The number of rotatable bonds is 4. The lowest BCUT2D eigenvalue weighted by molar-refractivity contribution is -0.141. The molecule has 98 valence electrons. The van der Waals surface area contributed by atoms with Crippen LogP contribution < -0.4 is 5.32 Å². The fraction of sp³-hybridized carbons (Fsp3) is 0.273. The first kappa shape index (κ1) is 14.9. The first-order chi connectivity index (χ1) is 8.32. The molecule has 0 aromatic heterocycles. The van der Waals surface area contributed by atoms with E-state index in [1.54, 1.807) is 12.1 Å². The third-order valence-electron chi connectivity index (χ3n) is 2.21. The van der Waals surface area contributed by atoms with Gasteiger partial charge in [0.2, 0.25) is 0 Å². The molecule has 0 aliphatic heterocycles. The quantitative estimate of drug-likeness (QED) is 0.780. The number of aliphatic carboxylic acids is 1. The number of carbonyl (C=O) groups is 2. The van der Waals surface area contributed by atoms with Gasteiger partial charge >= 0.3 is 5.97 Å². The van der Waals surface area contributed by atoms with Crippen LogP contribution >= 0.6 is 27.5 Å². The summed E-state index contributed by atoms with van der Waals surface area (Å²) >= 11 is 8.92. The van der Waals surface area contributed by atoms with Crippen LogP contribution in [0.3, 0.4) is 0 Å². The molecule has 0 aliphatic rings. The minimum absolute atomic E-state index is 0.203. The molecule has 1 aromatic carbocycles. The maximum absolute atomic E-state index is 11.9. The first-order valence-electron chi connectivity index (χ1n) is 4.99. The summed E-state index contributed by atoms with van der Waals surface area (Å²) in [6.45, 7) is 1.28. The van der Waals surface area contributed by atoms with Gasteiger partial charge in [0.05, 0.1) is 11.7 Å². The van der Waals surface area contributed by atoms with Gasteiger partial charge in [-0.25, -0.2) is 4.79 Å². The van der Waals surface area contributed by atoms with Crippen LogP contribution in [0.4, 0.5) is 0 Å². The highest BCUT2D eigenvalue weighted by Gasteiger charge is 2.26. The fourth-order valence-electron chi connectivity index (χ4n) is 1.28. The van der Waals surface area contributed by atoms with E-state index in [0.717, 1.165) is 0 Å². The Labute approximate surface area is 117 Å². The highest BCUT2D eigenvalue weighted by atomic mass is 79.9. The lowest BCUT2D eigenvalue weighted by atomic mass is 10.1. The van der Waals surface area contributed by atoms with E-state index in [1.807, 2.05) is 0 Å². The van der Waals surface area contributed by atoms with Gasteiger partial charge in [0.25, 0.3) is 5.91 Å². The Balaban J connectivity index is 2.94. The second kappa shape index (κ2) is 6.17. The molecule has 0 aliphatic carbocycles. The Morgan fingerprint density at radius 3 is 2.56 bits per heavy atom. The van der Waals surface area contributed by atoms with Gasteiger partial charge in [-0.1, -0.05) is 11.6 Å². The van der Waals surface area contributed by atoms with Crippen molar-refractivity contribution in [3.8, 4) is 0 Å². The number of hydrogen-bond acceptors (Lipinski definition) is 3. The summed E-state index contributed by atoms with van der Waals surface area (Å²) in [5, 5.41) is 20.7. The van der Waals surface area contributed by atoms with Gasteiger partial charge in [-0.3, -0.25) is 4.79 Å². The van der Waals surface area contributed by atoms with Gasteiger partial charge in [0.15, 0.2) is 6.04 Å². The largest absolute Gasteiger partial charge is 0.480 e. The molecule has 1 rings (SSSR count). The van der Waals surface area contributed by atoms with Gasteiger partial charge in [-0.05, 0) is 41.1 Å². The van der Waals surface area contributed by atoms with E-state index < -0.39 is 24.0 Å². The van der Waals surface area contributed by atoms with Crippen LogP contribution in [0.15, 0.2) is 22.7 Å². The summed E-state index contributed by atoms with van der Waals surface area (Å²) in [6.07, 6.45) is -1.20. The monoisotopic (exact) mass is 335 g/mol. The van der Waals surface area contributed by atoms with Crippen molar-refractivity contribution in [2.45, 2.75) is 19.1 Å². The molecule has 0 bridgehead atoms. The van der Waals surface area contributed by atoms with E-state index in [2.05, 4.69) is 21.2 Å². The second-order valence-electron chi connectivity index (χ2n) is 3.65. The third kappa shape index (κ3) is 3.69. The second-order valence-corrected chi connectivity index (χ2v) is 4.94. The molecule has 0 saturated carbocycles. The molecule has 1 amide bonds. The van der Waals surface area contributed by atoms with Crippen LogP contribution in [0.25, 0.3) is 0 Å². The maximum atomic E-state index is 11.9. The first-order valence-corrected chi connectivity index (χ1v) is 6.17. The number of hydrogen-bond donors (Lipinski definition) is 3. The molecule has 0 radical (unpaired) electrons. The number of carboxylic acid groups (broad SMARTS) is 1. The van der Waals surface area contributed by atoms with Crippen molar-refractivity contribution in [3.63, 3.8) is 0 Å². The molecule has 0 unspecified atom stereocenters. The summed E-state index contributed by atoms with van der Waals surface area (Å²) in [7, 11) is 0. The average Bonchev–Trinajstić information content (AvgIpc) is 2.28. The molecule has 5 nitrogen and oxygen atoms in total. The Bertz CT molecular complexity index is 478. The van der Waals surface area contributed by atoms with E-state index in [4.69, 9.17) is 16.7 Å². The highest BCUT2D eigenvalue weighted by Crippen LogP contribution is 2.21. The number of carbonyl (C=O) groups excluding carboxylic acids is 1. The summed E-state index contributed by atoms with van der Waals surface area (Å²) in [5.74, 6) is -1.94. The zero-order valence-electron chi connectivity index (χ0n) is 9.35. The van der Waals surface area contributed by atoms with Crippen molar-refractivity contribution in [3.05, 3.63) is 33.3 Å². The van der Waals surface area contributed by atoms with E-state index >= 15 is 0 Å². The van der Waals surface area contributed by atoms with Crippen molar-refractivity contribution in [2.24, 2.45) is 0 Å². The van der Waals surface area contributed by atoms with Gasteiger partial charge in [-0.2, -0.15) is 0 Å². The van der Waals surface area contributed by atoms with Crippen LogP contribution in [0, 0.1) is 0 Å².